The predicted octanol–water partition coefficient (Wildman–Crippen LogP) is 12.5. The molecule has 0 aromatic heterocycles. The molecule has 0 spiro atoms. The maximum Gasteiger partial charge on any atom is 0.0714 e. The van der Waals surface area contributed by atoms with Crippen LogP contribution in [0.5, 0.6) is 0 Å². The van der Waals surface area contributed by atoms with Crippen molar-refractivity contribution in [3.63, 3.8) is 0 Å². The van der Waals surface area contributed by atoms with Crippen LogP contribution in [0.3, 0.4) is 0 Å². The van der Waals surface area contributed by atoms with Crippen molar-refractivity contribution in [3.05, 3.63) is 179 Å². The Kier molecular flexibility index (Phi) is 4.74. The lowest BCUT2D eigenvalue weighted by molar-refractivity contribution is 0.771. The zero-order valence-corrected chi connectivity index (χ0v) is 26.4. The zero-order valence-electron chi connectivity index (χ0n) is 26.4. The van der Waals surface area contributed by atoms with Crippen molar-refractivity contribution in [2.75, 3.05) is 0 Å². The third kappa shape index (κ3) is 3.18. The third-order valence-electron chi connectivity index (χ3n) is 11.2. The first-order valence-electron chi connectivity index (χ1n) is 16.7. The fraction of sp³-hybridized carbons (Fsp3) is 0.0638. The summed E-state index contributed by atoms with van der Waals surface area (Å²) in [6.45, 7) is 4.47. The van der Waals surface area contributed by atoms with E-state index in [1.807, 2.05) is 0 Å². The predicted molar refractivity (Wildman–Crippen MR) is 201 cm³/mol. The molecule has 0 amide bonds. The largest absolute Gasteiger partial charge is 0.0714 e. The summed E-state index contributed by atoms with van der Waals surface area (Å²) in [7, 11) is 0. The Hall–Kier alpha value is -5.72. The number of hydrogen-bond donors (Lipinski definition) is 0. The summed E-state index contributed by atoms with van der Waals surface area (Å²) in [6.07, 6.45) is 0. The monoisotopic (exact) mass is 594 g/mol. The van der Waals surface area contributed by atoms with Crippen LogP contribution >= 0.6 is 0 Å². The van der Waals surface area contributed by atoms with Gasteiger partial charge in [-0.25, -0.2) is 0 Å². The van der Waals surface area contributed by atoms with Gasteiger partial charge in [-0.1, -0.05) is 132 Å². The minimum atomic E-state index is -0.488. The van der Waals surface area contributed by atoms with Crippen molar-refractivity contribution in [1.29, 1.82) is 0 Å². The van der Waals surface area contributed by atoms with E-state index in [1.54, 1.807) is 0 Å². The first-order valence-corrected chi connectivity index (χ1v) is 16.7. The van der Waals surface area contributed by atoms with Crippen LogP contribution in [0, 0.1) is 13.8 Å². The lowest BCUT2D eigenvalue weighted by Crippen LogP contribution is -2.29. The summed E-state index contributed by atoms with van der Waals surface area (Å²) in [5.74, 6) is 0. The normalized spacial score (nSPS) is 13.9. The number of fused-ring (bicyclic) bond motifs is 3. The van der Waals surface area contributed by atoms with E-state index in [0.29, 0.717) is 0 Å². The van der Waals surface area contributed by atoms with Gasteiger partial charge in [-0.15, -0.1) is 0 Å². The van der Waals surface area contributed by atoms with E-state index >= 15 is 0 Å². The second-order valence-electron chi connectivity index (χ2n) is 13.9. The maximum absolute atomic E-state index is 2.50. The van der Waals surface area contributed by atoms with Gasteiger partial charge in [-0.2, -0.15) is 0 Å². The summed E-state index contributed by atoms with van der Waals surface area (Å²) < 4.78 is 0. The van der Waals surface area contributed by atoms with Gasteiger partial charge in [0.25, 0.3) is 0 Å². The molecule has 11 rings (SSSR count). The second-order valence-corrected chi connectivity index (χ2v) is 13.9. The minimum Gasteiger partial charge on any atom is -0.0610 e. The highest BCUT2D eigenvalue weighted by Crippen LogP contribution is 2.58. The van der Waals surface area contributed by atoms with Crippen molar-refractivity contribution in [2.45, 2.75) is 19.3 Å². The lowest BCUT2D eigenvalue weighted by Gasteiger charge is -2.35. The van der Waals surface area contributed by atoms with E-state index in [4.69, 9.17) is 0 Å². The Labute approximate surface area is 273 Å². The SMILES string of the molecule is Cc1ccc2c(c1)C(c1cc3ccc4cccc5ccc(c1)c3c45)(c1cc3ccc4cccc5ccc(c1)c3c45)c1cc(C)ccc1-2. The quantitative estimate of drug-likeness (QED) is 0.175. The molecule has 1 aliphatic rings. The Morgan fingerprint density at radius 2 is 0.638 bits per heavy atom. The fourth-order valence-electron chi connectivity index (χ4n) is 9.28. The molecule has 0 saturated heterocycles. The van der Waals surface area contributed by atoms with Crippen molar-refractivity contribution in [1.82, 2.24) is 0 Å². The Bertz CT molecular complexity index is 2590. The molecule has 0 heterocycles. The van der Waals surface area contributed by atoms with Gasteiger partial charge in [0.15, 0.2) is 0 Å². The molecule has 0 aliphatic heterocycles. The smallest absolute Gasteiger partial charge is 0.0610 e. The molecule has 218 valence electrons. The van der Waals surface area contributed by atoms with Gasteiger partial charge in [-0.05, 0) is 136 Å². The summed E-state index contributed by atoms with van der Waals surface area (Å²) >= 11 is 0. The average Bonchev–Trinajstić information content (AvgIpc) is 3.38. The highest BCUT2D eigenvalue weighted by Gasteiger charge is 2.47. The fourth-order valence-corrected chi connectivity index (χ4v) is 9.28. The van der Waals surface area contributed by atoms with Gasteiger partial charge in [0, 0.05) is 0 Å². The highest BCUT2D eigenvalue weighted by molar-refractivity contribution is 6.24. The zero-order chi connectivity index (χ0) is 31.0. The van der Waals surface area contributed by atoms with Gasteiger partial charge in [0.1, 0.15) is 0 Å². The number of hydrogen-bond acceptors (Lipinski definition) is 0. The van der Waals surface area contributed by atoms with Crippen LogP contribution < -0.4 is 0 Å². The van der Waals surface area contributed by atoms with E-state index in [-0.39, 0.29) is 0 Å². The van der Waals surface area contributed by atoms with Gasteiger partial charge >= 0.3 is 0 Å². The molecule has 47 heavy (non-hydrogen) atoms. The molecule has 0 heteroatoms. The number of benzene rings is 10. The molecular formula is C47H30. The van der Waals surface area contributed by atoms with Crippen LogP contribution in [0.4, 0.5) is 0 Å². The minimum absolute atomic E-state index is 0.488. The van der Waals surface area contributed by atoms with E-state index in [9.17, 15) is 0 Å². The third-order valence-corrected chi connectivity index (χ3v) is 11.2. The summed E-state index contributed by atoms with van der Waals surface area (Å²) in [6, 6.07) is 56.1. The van der Waals surface area contributed by atoms with Crippen LogP contribution in [0.1, 0.15) is 33.4 Å². The average molecular weight is 595 g/mol. The van der Waals surface area contributed by atoms with Crippen LogP contribution in [-0.2, 0) is 5.41 Å². The van der Waals surface area contributed by atoms with Crippen LogP contribution in [-0.4, -0.2) is 0 Å². The Morgan fingerprint density at radius 1 is 0.319 bits per heavy atom. The Balaban J connectivity index is 1.34. The Morgan fingerprint density at radius 3 is 1.00 bits per heavy atom. The molecule has 0 radical (unpaired) electrons. The van der Waals surface area contributed by atoms with Crippen molar-refractivity contribution < 1.29 is 0 Å². The second kappa shape index (κ2) is 8.75. The first kappa shape index (κ1) is 25.5. The number of rotatable bonds is 2. The molecule has 0 atom stereocenters. The van der Waals surface area contributed by atoms with E-state index in [2.05, 4.69) is 159 Å². The van der Waals surface area contributed by atoms with Gasteiger partial charge in [0.05, 0.1) is 5.41 Å². The van der Waals surface area contributed by atoms with Crippen molar-refractivity contribution >= 4 is 64.6 Å². The topological polar surface area (TPSA) is 0 Å². The molecule has 1 aliphatic carbocycles. The molecule has 0 bridgehead atoms. The first-order chi connectivity index (χ1) is 23.1. The highest BCUT2D eigenvalue weighted by atomic mass is 14.5. The maximum atomic E-state index is 2.50. The van der Waals surface area contributed by atoms with Crippen molar-refractivity contribution in [3.8, 4) is 11.1 Å². The summed E-state index contributed by atoms with van der Waals surface area (Å²) in [5.41, 5.74) is 10.2. The standard InChI is InChI=1S/C47H30/c1-27-9-19-39-40-20-10-28(2)22-42(40)47(41(39)21-27,37-23-33-15-11-29-5-3-6-30-12-16-34(24-37)45(33)43(29)30)38-25-35-17-13-31-7-4-8-32-14-18-36(26-38)46(35)44(31)32/h3-26H,1-2H3. The van der Waals surface area contributed by atoms with Gasteiger partial charge in [0.2, 0.25) is 0 Å². The molecule has 0 nitrogen and oxygen atoms in total. The lowest BCUT2D eigenvalue weighted by atomic mass is 9.66. The molecule has 0 unspecified atom stereocenters. The molecule has 0 fully saturated rings. The van der Waals surface area contributed by atoms with Crippen LogP contribution in [0.15, 0.2) is 146 Å². The van der Waals surface area contributed by atoms with E-state index in [1.165, 1.54) is 109 Å². The molecule has 0 N–H and O–H groups in total. The van der Waals surface area contributed by atoms with Crippen molar-refractivity contribution in [2.24, 2.45) is 0 Å². The summed E-state index contributed by atoms with van der Waals surface area (Å²) in [5, 5.41) is 15.9. The summed E-state index contributed by atoms with van der Waals surface area (Å²) in [4.78, 5) is 0. The molecular weight excluding hydrogens is 565 g/mol. The van der Waals surface area contributed by atoms with E-state index in [0.717, 1.165) is 0 Å². The van der Waals surface area contributed by atoms with Crippen LogP contribution in [0.2, 0.25) is 0 Å². The molecule has 0 saturated carbocycles. The van der Waals surface area contributed by atoms with Gasteiger partial charge < -0.3 is 0 Å². The number of aryl methyl sites for hydroxylation is 2. The van der Waals surface area contributed by atoms with E-state index < -0.39 is 5.41 Å². The molecule has 10 aromatic carbocycles. The molecule has 10 aromatic rings. The van der Waals surface area contributed by atoms with Crippen LogP contribution in [0.25, 0.3) is 75.8 Å². The van der Waals surface area contributed by atoms with Gasteiger partial charge in [-0.3, -0.25) is 0 Å².